The van der Waals surface area contributed by atoms with Gasteiger partial charge in [-0.3, -0.25) is 4.90 Å². The molecule has 1 aliphatic heterocycles. The summed E-state index contributed by atoms with van der Waals surface area (Å²) in [7, 11) is 0. The Kier molecular flexibility index (Phi) is 3.65. The van der Waals surface area contributed by atoms with Gasteiger partial charge in [0.2, 0.25) is 0 Å². The molecule has 1 heterocycles. The molecule has 2 nitrogen and oxygen atoms in total. The summed E-state index contributed by atoms with van der Waals surface area (Å²) in [4.78, 5) is 2.51. The van der Waals surface area contributed by atoms with Gasteiger partial charge in [-0.25, -0.2) is 0 Å². The molecule has 15 heavy (non-hydrogen) atoms. The van der Waals surface area contributed by atoms with Gasteiger partial charge in [-0.05, 0) is 43.6 Å². The van der Waals surface area contributed by atoms with Crippen molar-refractivity contribution in [1.82, 2.24) is 4.90 Å². The van der Waals surface area contributed by atoms with Crippen LogP contribution < -0.4 is 5.73 Å². The fraction of sp³-hybridized carbons (Fsp3) is 0.500. The number of halogens is 1. The van der Waals surface area contributed by atoms with Crippen molar-refractivity contribution in [1.29, 1.82) is 0 Å². The van der Waals surface area contributed by atoms with Crippen LogP contribution in [0, 0.1) is 0 Å². The highest BCUT2D eigenvalue weighted by Crippen LogP contribution is 2.22. The monoisotopic (exact) mass is 268 g/mol. The molecule has 0 radical (unpaired) electrons. The van der Waals surface area contributed by atoms with E-state index in [0.29, 0.717) is 0 Å². The first-order valence-corrected chi connectivity index (χ1v) is 6.31. The maximum Gasteiger partial charge on any atom is 0.0325 e. The van der Waals surface area contributed by atoms with Crippen molar-refractivity contribution >= 4 is 21.6 Å². The van der Waals surface area contributed by atoms with Crippen molar-refractivity contribution in [3.05, 3.63) is 28.2 Å². The lowest BCUT2D eigenvalue weighted by molar-refractivity contribution is 0.220. The van der Waals surface area contributed by atoms with Crippen molar-refractivity contribution in [2.75, 3.05) is 18.8 Å². The number of piperidine rings is 1. The molecule has 1 aromatic rings. The van der Waals surface area contributed by atoms with Gasteiger partial charge in [0.25, 0.3) is 0 Å². The Bertz CT molecular complexity index is 332. The van der Waals surface area contributed by atoms with E-state index >= 15 is 0 Å². The van der Waals surface area contributed by atoms with E-state index in [0.717, 1.165) is 16.7 Å². The van der Waals surface area contributed by atoms with Crippen LogP contribution in [0.25, 0.3) is 0 Å². The minimum Gasteiger partial charge on any atom is -0.399 e. The quantitative estimate of drug-likeness (QED) is 0.836. The largest absolute Gasteiger partial charge is 0.399 e. The minimum atomic E-state index is 0.823. The molecule has 3 heteroatoms. The molecule has 1 aliphatic rings. The van der Waals surface area contributed by atoms with Crippen molar-refractivity contribution < 1.29 is 0 Å². The summed E-state index contributed by atoms with van der Waals surface area (Å²) in [5.74, 6) is 0. The first kappa shape index (κ1) is 11.0. The van der Waals surface area contributed by atoms with E-state index in [1.165, 1.54) is 37.9 Å². The number of hydrogen-bond acceptors (Lipinski definition) is 2. The molecule has 0 spiro atoms. The second-order valence-corrected chi connectivity index (χ2v) is 5.04. The summed E-state index contributed by atoms with van der Waals surface area (Å²) in [5, 5.41) is 0. The summed E-state index contributed by atoms with van der Waals surface area (Å²) in [6.45, 7) is 3.51. The van der Waals surface area contributed by atoms with Crippen LogP contribution in [-0.4, -0.2) is 18.0 Å². The third-order valence-corrected chi connectivity index (χ3v) is 3.66. The summed E-state index contributed by atoms with van der Waals surface area (Å²) in [6.07, 6.45) is 4.07. The fourth-order valence-corrected chi connectivity index (χ4v) is 2.57. The van der Waals surface area contributed by atoms with E-state index < -0.39 is 0 Å². The molecular weight excluding hydrogens is 252 g/mol. The third-order valence-electron chi connectivity index (χ3n) is 2.92. The smallest absolute Gasteiger partial charge is 0.0325 e. The Balaban J connectivity index is 2.03. The summed E-state index contributed by atoms with van der Waals surface area (Å²) in [6, 6.07) is 6.08. The zero-order valence-corrected chi connectivity index (χ0v) is 10.5. The lowest BCUT2D eigenvalue weighted by atomic mass is 10.1. The van der Waals surface area contributed by atoms with E-state index in [9.17, 15) is 0 Å². The fourth-order valence-electron chi connectivity index (χ4n) is 2.05. The number of benzene rings is 1. The Morgan fingerprint density at radius 3 is 2.60 bits per heavy atom. The number of hydrogen-bond donors (Lipinski definition) is 1. The minimum absolute atomic E-state index is 0.823. The van der Waals surface area contributed by atoms with E-state index in [4.69, 9.17) is 5.73 Å². The molecule has 0 saturated carbocycles. The van der Waals surface area contributed by atoms with Crippen LogP contribution >= 0.6 is 15.9 Å². The lowest BCUT2D eigenvalue weighted by Crippen LogP contribution is -2.29. The number of nitrogen functional groups attached to an aromatic ring is 1. The van der Waals surface area contributed by atoms with Gasteiger partial charge in [0.05, 0.1) is 0 Å². The maximum atomic E-state index is 5.72. The lowest BCUT2D eigenvalue weighted by Gasteiger charge is -2.26. The highest BCUT2D eigenvalue weighted by Gasteiger charge is 2.11. The van der Waals surface area contributed by atoms with Crippen LogP contribution in [0.1, 0.15) is 24.8 Å². The average molecular weight is 269 g/mol. The van der Waals surface area contributed by atoms with E-state index in [2.05, 4.69) is 26.9 Å². The Labute approximate surface area is 99.6 Å². The third kappa shape index (κ3) is 2.95. The van der Waals surface area contributed by atoms with Gasteiger partial charge >= 0.3 is 0 Å². The summed E-state index contributed by atoms with van der Waals surface area (Å²) < 4.78 is 1.13. The Morgan fingerprint density at radius 1 is 1.20 bits per heavy atom. The van der Waals surface area contributed by atoms with Gasteiger partial charge in [-0.1, -0.05) is 28.4 Å². The second kappa shape index (κ2) is 4.99. The second-order valence-electron chi connectivity index (χ2n) is 4.19. The molecule has 82 valence electrons. The van der Waals surface area contributed by atoms with Crippen molar-refractivity contribution in [3.8, 4) is 0 Å². The van der Waals surface area contributed by atoms with Crippen molar-refractivity contribution in [2.45, 2.75) is 25.8 Å². The van der Waals surface area contributed by atoms with Crippen molar-refractivity contribution in [2.24, 2.45) is 0 Å². The highest BCUT2D eigenvalue weighted by atomic mass is 79.9. The molecule has 1 saturated heterocycles. The zero-order chi connectivity index (χ0) is 10.7. The summed E-state index contributed by atoms with van der Waals surface area (Å²) in [5.41, 5.74) is 7.88. The molecule has 0 amide bonds. The zero-order valence-electron chi connectivity index (χ0n) is 8.88. The van der Waals surface area contributed by atoms with E-state index in [1.807, 2.05) is 12.1 Å². The van der Waals surface area contributed by atoms with Crippen LogP contribution in [-0.2, 0) is 6.54 Å². The molecule has 0 unspecified atom stereocenters. The number of rotatable bonds is 2. The normalized spacial score (nSPS) is 17.9. The van der Waals surface area contributed by atoms with Crippen LogP contribution in [0.2, 0.25) is 0 Å². The number of anilines is 1. The molecule has 2 rings (SSSR count). The van der Waals surface area contributed by atoms with Gasteiger partial charge in [0, 0.05) is 16.7 Å². The van der Waals surface area contributed by atoms with Crippen LogP contribution in [0.3, 0.4) is 0 Å². The van der Waals surface area contributed by atoms with Gasteiger partial charge in [0.15, 0.2) is 0 Å². The average Bonchev–Trinajstić information content (AvgIpc) is 2.24. The predicted molar refractivity (Wildman–Crippen MR) is 67.7 cm³/mol. The molecule has 1 aromatic carbocycles. The van der Waals surface area contributed by atoms with Crippen LogP contribution in [0.15, 0.2) is 22.7 Å². The van der Waals surface area contributed by atoms with Crippen LogP contribution in [0.4, 0.5) is 5.69 Å². The standard InChI is InChI=1S/C12H17BrN2/c13-12-8-11(14)5-4-10(12)9-15-6-2-1-3-7-15/h4-5,8H,1-3,6-7,9,14H2. The first-order valence-electron chi connectivity index (χ1n) is 5.52. The van der Waals surface area contributed by atoms with Crippen molar-refractivity contribution in [3.63, 3.8) is 0 Å². The molecule has 0 bridgehead atoms. The topological polar surface area (TPSA) is 29.3 Å². The SMILES string of the molecule is Nc1ccc(CN2CCCCC2)c(Br)c1. The van der Waals surface area contributed by atoms with E-state index in [-0.39, 0.29) is 0 Å². The van der Waals surface area contributed by atoms with Crippen LogP contribution in [0.5, 0.6) is 0 Å². The number of nitrogens with zero attached hydrogens (tertiary/aromatic N) is 1. The molecule has 0 aromatic heterocycles. The first-order chi connectivity index (χ1) is 7.25. The molecule has 1 fully saturated rings. The molecule has 2 N–H and O–H groups in total. The van der Waals surface area contributed by atoms with Gasteiger partial charge in [-0.2, -0.15) is 0 Å². The molecule has 0 aliphatic carbocycles. The van der Waals surface area contributed by atoms with Gasteiger partial charge < -0.3 is 5.73 Å². The maximum absolute atomic E-state index is 5.72. The highest BCUT2D eigenvalue weighted by molar-refractivity contribution is 9.10. The number of likely N-dealkylation sites (tertiary alicyclic amines) is 1. The van der Waals surface area contributed by atoms with Gasteiger partial charge in [-0.15, -0.1) is 0 Å². The predicted octanol–water partition coefficient (Wildman–Crippen LogP) is 3.02. The summed E-state index contributed by atoms with van der Waals surface area (Å²) >= 11 is 3.57. The number of nitrogens with two attached hydrogens (primary N) is 1. The van der Waals surface area contributed by atoms with Gasteiger partial charge in [0.1, 0.15) is 0 Å². The Morgan fingerprint density at radius 2 is 1.93 bits per heavy atom. The molecule has 0 atom stereocenters. The Hall–Kier alpha value is -0.540. The molecular formula is C12H17BrN2. The van der Waals surface area contributed by atoms with E-state index in [1.54, 1.807) is 0 Å².